The second kappa shape index (κ2) is 16.8. The van der Waals surface area contributed by atoms with Crippen molar-refractivity contribution in [2.45, 2.75) is 0 Å². The van der Waals surface area contributed by atoms with Crippen molar-refractivity contribution in [2.75, 3.05) is 4.90 Å². The molecule has 0 fully saturated rings. The lowest BCUT2D eigenvalue weighted by Gasteiger charge is -2.30. The van der Waals surface area contributed by atoms with Crippen LogP contribution in [0, 0.1) is 0 Å². The molecule has 0 unspecified atom stereocenters. The molecule has 66 heavy (non-hydrogen) atoms. The maximum Gasteiger partial charge on any atom is 0.0541 e. The van der Waals surface area contributed by atoms with Gasteiger partial charge in [-0.15, -0.1) is 0 Å². The molecule has 0 atom stereocenters. The summed E-state index contributed by atoms with van der Waals surface area (Å²) in [7, 11) is 0. The van der Waals surface area contributed by atoms with Crippen LogP contribution in [0.25, 0.3) is 93.9 Å². The Kier molecular flexibility index (Phi) is 9.89. The highest BCUT2D eigenvalue weighted by molar-refractivity contribution is 6.09. The minimum Gasteiger partial charge on any atom is -0.310 e. The number of rotatable bonds is 9. The lowest BCUT2D eigenvalue weighted by Crippen LogP contribution is -2.12. The van der Waals surface area contributed by atoms with Gasteiger partial charge in [-0.1, -0.05) is 200 Å². The van der Waals surface area contributed by atoms with Crippen LogP contribution in [0.15, 0.2) is 267 Å². The third-order valence-electron chi connectivity index (χ3n) is 13.0. The molecular weight excluding hydrogens is 797 g/mol. The Labute approximate surface area is 385 Å². The molecule has 2 nitrogen and oxygen atoms in total. The van der Waals surface area contributed by atoms with Crippen molar-refractivity contribution in [1.29, 1.82) is 0 Å². The fraction of sp³-hybridized carbons (Fsp3) is 0. The Morgan fingerprint density at radius 1 is 0.258 bits per heavy atom. The zero-order valence-electron chi connectivity index (χ0n) is 36.3. The van der Waals surface area contributed by atoms with Gasteiger partial charge in [-0.2, -0.15) is 0 Å². The molecule has 0 aliphatic carbocycles. The molecule has 0 spiro atoms. The minimum absolute atomic E-state index is 1.07. The Hall–Kier alpha value is -8.72. The van der Waals surface area contributed by atoms with E-state index in [0.717, 1.165) is 45.0 Å². The van der Waals surface area contributed by atoms with Gasteiger partial charge in [-0.05, 0) is 128 Å². The molecule has 0 N–H and O–H groups in total. The van der Waals surface area contributed by atoms with E-state index < -0.39 is 0 Å². The standard InChI is InChI=1S/C64H44N2/c1-4-18-45(19-5-1)52-36-39-64(61(43-52)53-35-34-46-20-10-11-25-49(46)40-53)65(56-37-38-57(47-21-6-2-7-22-47)60(44-56)48-23-8-3-9-24-48)54-28-16-26-50(41-54)51-27-17-29-55(42-51)66-62-32-14-12-30-58(62)59-31-13-15-33-63(59)66/h1-44H. The molecule has 1 heterocycles. The largest absolute Gasteiger partial charge is 0.310 e. The normalized spacial score (nSPS) is 11.3. The number of hydrogen-bond acceptors (Lipinski definition) is 1. The number of hydrogen-bond donors (Lipinski definition) is 0. The number of fused-ring (bicyclic) bond motifs is 4. The third kappa shape index (κ3) is 7.12. The fourth-order valence-corrected chi connectivity index (χ4v) is 9.80. The lowest BCUT2D eigenvalue weighted by molar-refractivity contribution is 1.18. The van der Waals surface area contributed by atoms with Gasteiger partial charge in [0.15, 0.2) is 0 Å². The first-order valence-electron chi connectivity index (χ1n) is 22.7. The van der Waals surface area contributed by atoms with E-state index in [4.69, 9.17) is 0 Å². The van der Waals surface area contributed by atoms with Crippen LogP contribution in [0.4, 0.5) is 17.1 Å². The van der Waals surface area contributed by atoms with Crippen molar-refractivity contribution in [1.82, 2.24) is 4.57 Å². The molecule has 0 radical (unpaired) electrons. The molecule has 12 aromatic rings. The maximum atomic E-state index is 2.46. The molecule has 0 aliphatic heterocycles. The predicted octanol–water partition coefficient (Wildman–Crippen LogP) is 17.7. The maximum absolute atomic E-state index is 2.46. The molecule has 0 aliphatic rings. The first-order valence-corrected chi connectivity index (χ1v) is 22.7. The van der Waals surface area contributed by atoms with Crippen molar-refractivity contribution in [3.63, 3.8) is 0 Å². The van der Waals surface area contributed by atoms with Crippen LogP contribution in [0.5, 0.6) is 0 Å². The smallest absolute Gasteiger partial charge is 0.0541 e. The zero-order chi connectivity index (χ0) is 43.8. The molecule has 1 aromatic heterocycles. The monoisotopic (exact) mass is 840 g/mol. The number of benzene rings is 11. The van der Waals surface area contributed by atoms with E-state index in [1.54, 1.807) is 0 Å². The zero-order valence-corrected chi connectivity index (χ0v) is 36.3. The van der Waals surface area contributed by atoms with Gasteiger partial charge in [-0.3, -0.25) is 0 Å². The van der Waals surface area contributed by atoms with Gasteiger partial charge in [0.05, 0.1) is 16.7 Å². The Morgan fingerprint density at radius 2 is 0.788 bits per heavy atom. The molecule has 0 bridgehead atoms. The van der Waals surface area contributed by atoms with Crippen molar-refractivity contribution < 1.29 is 0 Å². The van der Waals surface area contributed by atoms with Crippen LogP contribution in [0.2, 0.25) is 0 Å². The summed E-state index contributed by atoms with van der Waals surface area (Å²) in [6, 6.07) is 97.1. The Balaban J connectivity index is 1.08. The van der Waals surface area contributed by atoms with E-state index in [1.165, 1.54) is 66.0 Å². The van der Waals surface area contributed by atoms with Gasteiger partial charge in [0.25, 0.3) is 0 Å². The summed E-state index contributed by atoms with van der Waals surface area (Å²) in [4.78, 5) is 2.46. The lowest BCUT2D eigenvalue weighted by atomic mass is 9.92. The van der Waals surface area contributed by atoms with Crippen LogP contribution < -0.4 is 4.90 Å². The number of nitrogens with zero attached hydrogens (tertiary/aromatic N) is 2. The van der Waals surface area contributed by atoms with Crippen LogP contribution in [0.3, 0.4) is 0 Å². The molecule has 12 rings (SSSR count). The summed E-state index contributed by atoms with van der Waals surface area (Å²) in [5.74, 6) is 0. The minimum atomic E-state index is 1.07. The van der Waals surface area contributed by atoms with E-state index in [-0.39, 0.29) is 0 Å². The molecule has 310 valence electrons. The van der Waals surface area contributed by atoms with E-state index in [0.29, 0.717) is 0 Å². The molecule has 2 heteroatoms. The highest BCUT2D eigenvalue weighted by Gasteiger charge is 2.22. The van der Waals surface area contributed by atoms with Crippen LogP contribution in [0.1, 0.15) is 0 Å². The average molecular weight is 841 g/mol. The molecule has 0 saturated heterocycles. The number of anilines is 3. The quantitative estimate of drug-likeness (QED) is 0.141. The van der Waals surface area contributed by atoms with E-state index in [2.05, 4.69) is 276 Å². The Morgan fingerprint density at radius 3 is 1.50 bits per heavy atom. The molecular formula is C64H44N2. The summed E-state index contributed by atoms with van der Waals surface area (Å²) in [5.41, 5.74) is 18.4. The Bertz CT molecular complexity index is 3650. The van der Waals surface area contributed by atoms with Crippen LogP contribution in [-0.4, -0.2) is 4.57 Å². The van der Waals surface area contributed by atoms with Gasteiger partial charge in [0, 0.05) is 33.4 Å². The second-order valence-corrected chi connectivity index (χ2v) is 16.9. The molecule has 0 amide bonds. The summed E-state index contributed by atoms with van der Waals surface area (Å²) in [6.07, 6.45) is 0. The van der Waals surface area contributed by atoms with Crippen molar-refractivity contribution in [3.05, 3.63) is 267 Å². The van der Waals surface area contributed by atoms with Gasteiger partial charge in [0.2, 0.25) is 0 Å². The highest BCUT2D eigenvalue weighted by atomic mass is 15.1. The number of aromatic nitrogens is 1. The predicted molar refractivity (Wildman–Crippen MR) is 280 cm³/mol. The third-order valence-corrected chi connectivity index (χ3v) is 13.0. The van der Waals surface area contributed by atoms with Gasteiger partial charge in [-0.25, -0.2) is 0 Å². The van der Waals surface area contributed by atoms with E-state index >= 15 is 0 Å². The van der Waals surface area contributed by atoms with Crippen LogP contribution >= 0.6 is 0 Å². The van der Waals surface area contributed by atoms with E-state index in [9.17, 15) is 0 Å². The summed E-state index contributed by atoms with van der Waals surface area (Å²) >= 11 is 0. The van der Waals surface area contributed by atoms with E-state index in [1.807, 2.05) is 0 Å². The van der Waals surface area contributed by atoms with Crippen molar-refractivity contribution in [2.24, 2.45) is 0 Å². The van der Waals surface area contributed by atoms with Crippen molar-refractivity contribution >= 4 is 49.6 Å². The van der Waals surface area contributed by atoms with Gasteiger partial charge < -0.3 is 9.47 Å². The van der Waals surface area contributed by atoms with Gasteiger partial charge in [0.1, 0.15) is 0 Å². The highest BCUT2D eigenvalue weighted by Crippen LogP contribution is 2.46. The average Bonchev–Trinajstić information content (AvgIpc) is 3.74. The summed E-state index contributed by atoms with van der Waals surface area (Å²) < 4.78 is 2.40. The number of para-hydroxylation sites is 2. The SMILES string of the molecule is c1ccc(-c2ccc(N(c3cccc(-c4cccc(-n5c6ccccc6c6ccccc65)c4)c3)c3ccc(-c4ccccc4)c(-c4ccccc4)c3)c(-c3ccc4ccccc4c3)c2)cc1. The summed E-state index contributed by atoms with van der Waals surface area (Å²) in [5, 5.41) is 4.94. The van der Waals surface area contributed by atoms with Crippen LogP contribution in [-0.2, 0) is 0 Å². The van der Waals surface area contributed by atoms with Gasteiger partial charge >= 0.3 is 0 Å². The molecule has 0 saturated carbocycles. The first-order chi connectivity index (χ1) is 32.7. The molecule has 11 aromatic carbocycles. The second-order valence-electron chi connectivity index (χ2n) is 16.9. The summed E-state index contributed by atoms with van der Waals surface area (Å²) in [6.45, 7) is 0. The van der Waals surface area contributed by atoms with Crippen molar-refractivity contribution in [3.8, 4) is 61.3 Å². The first kappa shape index (κ1) is 38.9. The fourth-order valence-electron chi connectivity index (χ4n) is 9.80. The topological polar surface area (TPSA) is 8.17 Å².